The number of nitrogens with zero attached hydrogens (tertiary/aromatic N) is 1. The van der Waals surface area contributed by atoms with Crippen molar-refractivity contribution in [2.75, 3.05) is 38.5 Å². The van der Waals surface area contributed by atoms with Crippen molar-refractivity contribution >= 4 is 11.8 Å². The first-order valence-corrected chi connectivity index (χ1v) is 8.25. The molecule has 0 spiro atoms. The summed E-state index contributed by atoms with van der Waals surface area (Å²) in [6, 6.07) is 0. The van der Waals surface area contributed by atoms with Gasteiger partial charge in [-0.15, -0.1) is 0 Å². The fourth-order valence-electron chi connectivity index (χ4n) is 2.69. The van der Waals surface area contributed by atoms with Crippen LogP contribution in [0.3, 0.4) is 0 Å². The molecule has 0 saturated carbocycles. The molecule has 2 saturated heterocycles. The van der Waals surface area contributed by atoms with Gasteiger partial charge in [-0.1, -0.05) is 13.8 Å². The third-order valence-corrected chi connectivity index (χ3v) is 5.62. The van der Waals surface area contributed by atoms with Crippen LogP contribution in [0.15, 0.2) is 0 Å². The molecule has 2 fully saturated rings. The Bertz CT molecular complexity index is 214. The third-order valence-electron chi connectivity index (χ3n) is 4.26. The molecule has 0 amide bonds. The van der Waals surface area contributed by atoms with E-state index in [1.165, 1.54) is 64.2 Å². The van der Waals surface area contributed by atoms with E-state index >= 15 is 0 Å². The van der Waals surface area contributed by atoms with E-state index in [0.29, 0.717) is 5.41 Å². The predicted octanol–water partition coefficient (Wildman–Crippen LogP) is 2.59. The van der Waals surface area contributed by atoms with Crippen molar-refractivity contribution in [3.05, 3.63) is 0 Å². The highest BCUT2D eigenvalue weighted by Gasteiger charge is 2.25. The van der Waals surface area contributed by atoms with Crippen molar-refractivity contribution in [3.8, 4) is 0 Å². The monoisotopic (exact) mass is 256 g/mol. The van der Waals surface area contributed by atoms with Crippen LogP contribution in [0.1, 0.15) is 39.5 Å². The van der Waals surface area contributed by atoms with Gasteiger partial charge in [0.2, 0.25) is 0 Å². The molecule has 3 heteroatoms. The number of thioether (sulfide) groups is 1. The van der Waals surface area contributed by atoms with Crippen molar-refractivity contribution < 1.29 is 0 Å². The average Bonchev–Trinajstić information content (AvgIpc) is 2.33. The Morgan fingerprint density at radius 1 is 1.18 bits per heavy atom. The topological polar surface area (TPSA) is 15.3 Å². The van der Waals surface area contributed by atoms with Crippen LogP contribution in [0, 0.1) is 5.41 Å². The Labute approximate surface area is 111 Å². The molecule has 100 valence electrons. The summed E-state index contributed by atoms with van der Waals surface area (Å²) in [7, 11) is 0. The van der Waals surface area contributed by atoms with Crippen LogP contribution < -0.4 is 5.32 Å². The molecule has 1 N–H and O–H groups in total. The highest BCUT2D eigenvalue weighted by atomic mass is 32.2. The van der Waals surface area contributed by atoms with E-state index < -0.39 is 0 Å². The van der Waals surface area contributed by atoms with Gasteiger partial charge in [0.25, 0.3) is 0 Å². The molecule has 0 aromatic heterocycles. The number of hydrogen-bond donors (Lipinski definition) is 1. The summed E-state index contributed by atoms with van der Waals surface area (Å²) in [5, 5.41) is 4.37. The molecule has 0 aliphatic carbocycles. The summed E-state index contributed by atoms with van der Waals surface area (Å²) >= 11 is 2.21. The minimum absolute atomic E-state index is 0.596. The summed E-state index contributed by atoms with van der Waals surface area (Å²) in [6.07, 6.45) is 5.51. The van der Waals surface area contributed by atoms with Gasteiger partial charge < -0.3 is 10.2 Å². The van der Waals surface area contributed by atoms with Gasteiger partial charge >= 0.3 is 0 Å². The van der Waals surface area contributed by atoms with E-state index in [-0.39, 0.29) is 0 Å². The SMILES string of the molecule is CC1(C)CCN(CCSC2CCNCC2)CC1. The minimum atomic E-state index is 0.596. The maximum absolute atomic E-state index is 3.44. The largest absolute Gasteiger partial charge is 0.317 e. The number of likely N-dealkylation sites (tertiary alicyclic amines) is 1. The van der Waals surface area contributed by atoms with Crippen LogP contribution in [0.25, 0.3) is 0 Å². The van der Waals surface area contributed by atoms with Crippen LogP contribution >= 0.6 is 11.8 Å². The van der Waals surface area contributed by atoms with E-state index in [1.807, 2.05) is 0 Å². The molecule has 0 aromatic carbocycles. The van der Waals surface area contributed by atoms with Crippen molar-refractivity contribution in [2.45, 2.75) is 44.8 Å². The second-order valence-electron chi connectivity index (χ2n) is 6.33. The molecule has 2 aliphatic rings. The first kappa shape index (κ1) is 13.7. The maximum Gasteiger partial charge on any atom is 0.00725 e. The van der Waals surface area contributed by atoms with E-state index in [4.69, 9.17) is 0 Å². The smallest absolute Gasteiger partial charge is 0.00725 e. The van der Waals surface area contributed by atoms with Gasteiger partial charge in [-0.25, -0.2) is 0 Å². The summed E-state index contributed by atoms with van der Waals surface area (Å²) < 4.78 is 0. The van der Waals surface area contributed by atoms with Gasteiger partial charge in [0, 0.05) is 17.5 Å². The molecular formula is C14H28N2S. The molecule has 0 unspecified atom stereocenters. The standard InChI is InChI=1S/C14H28N2S/c1-14(2)5-9-16(10-6-14)11-12-17-13-3-7-15-8-4-13/h13,15H,3-12H2,1-2H3. The van der Waals surface area contributed by atoms with Gasteiger partial charge in [0.15, 0.2) is 0 Å². The van der Waals surface area contributed by atoms with E-state index in [9.17, 15) is 0 Å². The Balaban J connectivity index is 1.56. The average molecular weight is 256 g/mol. The number of piperidine rings is 2. The van der Waals surface area contributed by atoms with Gasteiger partial charge in [0.05, 0.1) is 0 Å². The lowest BCUT2D eigenvalue weighted by Gasteiger charge is -2.37. The molecule has 2 rings (SSSR count). The first-order chi connectivity index (χ1) is 8.16. The number of rotatable bonds is 4. The van der Waals surface area contributed by atoms with Crippen LogP contribution in [-0.2, 0) is 0 Å². The molecular weight excluding hydrogens is 228 g/mol. The molecule has 0 atom stereocenters. The first-order valence-electron chi connectivity index (χ1n) is 7.20. The lowest BCUT2D eigenvalue weighted by Crippen LogP contribution is -2.38. The van der Waals surface area contributed by atoms with Crippen molar-refractivity contribution in [3.63, 3.8) is 0 Å². The van der Waals surface area contributed by atoms with E-state index in [0.717, 1.165) is 5.25 Å². The Kier molecular flexibility index (Phi) is 5.19. The molecule has 0 aromatic rings. The second-order valence-corrected chi connectivity index (χ2v) is 7.73. The van der Waals surface area contributed by atoms with Crippen molar-refractivity contribution in [1.82, 2.24) is 10.2 Å². The van der Waals surface area contributed by atoms with Crippen LogP contribution in [0.2, 0.25) is 0 Å². The fraction of sp³-hybridized carbons (Fsp3) is 1.00. The van der Waals surface area contributed by atoms with Crippen LogP contribution in [-0.4, -0.2) is 48.6 Å². The normalized spacial score (nSPS) is 27.2. The molecule has 2 nitrogen and oxygen atoms in total. The lowest BCUT2D eigenvalue weighted by molar-refractivity contribution is 0.139. The second kappa shape index (κ2) is 6.44. The summed E-state index contributed by atoms with van der Waals surface area (Å²) in [5.74, 6) is 1.34. The summed E-state index contributed by atoms with van der Waals surface area (Å²) in [4.78, 5) is 2.67. The zero-order valence-electron chi connectivity index (χ0n) is 11.5. The van der Waals surface area contributed by atoms with E-state index in [2.05, 4.69) is 35.8 Å². The highest BCUT2D eigenvalue weighted by Crippen LogP contribution is 2.30. The zero-order valence-corrected chi connectivity index (χ0v) is 12.3. The van der Waals surface area contributed by atoms with Crippen LogP contribution in [0.5, 0.6) is 0 Å². The molecule has 0 radical (unpaired) electrons. The molecule has 0 bridgehead atoms. The Morgan fingerprint density at radius 3 is 2.47 bits per heavy atom. The van der Waals surface area contributed by atoms with Gasteiger partial charge in [-0.2, -0.15) is 11.8 Å². The summed E-state index contributed by atoms with van der Waals surface area (Å²) in [5.41, 5.74) is 0.596. The summed E-state index contributed by atoms with van der Waals surface area (Å²) in [6.45, 7) is 11.2. The zero-order chi connectivity index (χ0) is 12.1. The molecule has 2 aliphatic heterocycles. The Morgan fingerprint density at radius 2 is 1.82 bits per heavy atom. The molecule has 17 heavy (non-hydrogen) atoms. The number of nitrogens with one attached hydrogen (secondary N) is 1. The lowest BCUT2D eigenvalue weighted by atomic mass is 9.83. The predicted molar refractivity (Wildman–Crippen MR) is 77.8 cm³/mol. The minimum Gasteiger partial charge on any atom is -0.317 e. The Hall–Kier alpha value is 0.270. The maximum atomic E-state index is 3.44. The highest BCUT2D eigenvalue weighted by molar-refractivity contribution is 7.99. The van der Waals surface area contributed by atoms with E-state index in [1.54, 1.807) is 0 Å². The van der Waals surface area contributed by atoms with Crippen molar-refractivity contribution in [2.24, 2.45) is 5.41 Å². The quantitative estimate of drug-likeness (QED) is 0.832. The van der Waals surface area contributed by atoms with Gasteiger partial charge in [0.1, 0.15) is 0 Å². The number of hydrogen-bond acceptors (Lipinski definition) is 3. The molecule has 2 heterocycles. The van der Waals surface area contributed by atoms with Gasteiger partial charge in [-0.3, -0.25) is 0 Å². The van der Waals surface area contributed by atoms with Crippen molar-refractivity contribution in [1.29, 1.82) is 0 Å². The third kappa shape index (κ3) is 4.80. The van der Waals surface area contributed by atoms with Gasteiger partial charge in [-0.05, 0) is 57.3 Å². The fourth-order valence-corrected chi connectivity index (χ4v) is 3.96. The van der Waals surface area contributed by atoms with Crippen LogP contribution in [0.4, 0.5) is 0 Å².